The minimum Gasteiger partial charge on any atom is -0.491 e. The Morgan fingerprint density at radius 1 is 1.22 bits per heavy atom. The summed E-state index contributed by atoms with van der Waals surface area (Å²) >= 11 is 0. The van der Waals surface area contributed by atoms with Gasteiger partial charge >= 0.3 is 5.69 Å². The highest BCUT2D eigenvalue weighted by Crippen LogP contribution is 2.19. The predicted molar refractivity (Wildman–Crippen MR) is 125 cm³/mol. The molecule has 0 aliphatic heterocycles. The number of H-pyrrole nitrogens is 1. The van der Waals surface area contributed by atoms with Crippen molar-refractivity contribution in [1.29, 1.82) is 0 Å². The van der Waals surface area contributed by atoms with Crippen LogP contribution in [0.5, 0.6) is 5.75 Å². The van der Waals surface area contributed by atoms with Crippen LogP contribution in [0.3, 0.4) is 0 Å². The van der Waals surface area contributed by atoms with Crippen LogP contribution in [0.15, 0.2) is 39.9 Å². The molecule has 0 saturated carbocycles. The van der Waals surface area contributed by atoms with Crippen molar-refractivity contribution in [2.45, 2.75) is 52.2 Å². The van der Waals surface area contributed by atoms with Crippen molar-refractivity contribution >= 4 is 17.1 Å². The highest BCUT2D eigenvalue weighted by molar-refractivity contribution is 5.74. The normalized spacial score (nSPS) is 13.2. The minimum atomic E-state index is -0.883. The first-order valence-electron chi connectivity index (χ1n) is 11.2. The number of unbranched alkanes of at least 4 members (excludes halogenated alkanes) is 1. The van der Waals surface area contributed by atoms with Gasteiger partial charge in [0.05, 0.1) is 6.54 Å². The van der Waals surface area contributed by atoms with Crippen molar-refractivity contribution in [3.8, 4) is 5.75 Å². The summed E-state index contributed by atoms with van der Waals surface area (Å²) in [6.45, 7) is 5.18. The zero-order valence-corrected chi connectivity index (χ0v) is 19.0. The second-order valence-corrected chi connectivity index (χ2v) is 8.11. The van der Waals surface area contributed by atoms with Gasteiger partial charge in [0.1, 0.15) is 18.5 Å². The van der Waals surface area contributed by atoms with E-state index in [2.05, 4.69) is 29.1 Å². The Hall–Kier alpha value is -3.07. The molecule has 0 spiro atoms. The predicted octanol–water partition coefficient (Wildman–Crippen LogP) is 2.49. The van der Waals surface area contributed by atoms with Gasteiger partial charge in [-0.1, -0.05) is 51.3 Å². The van der Waals surface area contributed by atoms with Crippen LogP contribution in [0.1, 0.15) is 39.5 Å². The number of para-hydroxylation sites is 1. The number of aromatic amines is 1. The fourth-order valence-electron chi connectivity index (χ4n) is 3.70. The van der Waals surface area contributed by atoms with Gasteiger partial charge < -0.3 is 19.7 Å². The molecule has 3 rings (SSSR count). The van der Waals surface area contributed by atoms with E-state index >= 15 is 0 Å². The molecule has 0 saturated heterocycles. The van der Waals surface area contributed by atoms with E-state index in [1.54, 1.807) is 11.6 Å². The zero-order chi connectivity index (χ0) is 23.1. The van der Waals surface area contributed by atoms with Crippen LogP contribution in [-0.2, 0) is 13.6 Å². The molecule has 0 bridgehead atoms. The number of nitrogens with zero attached hydrogens (tertiary/aromatic N) is 3. The number of aryl methyl sites for hydroxylation is 1. The number of hydrogen-bond donors (Lipinski definition) is 3. The number of ether oxygens (including phenoxy) is 1. The van der Waals surface area contributed by atoms with Gasteiger partial charge in [0.2, 0.25) is 5.95 Å². The average molecular weight is 444 g/mol. The summed E-state index contributed by atoms with van der Waals surface area (Å²) in [5.74, 6) is 1.58. The number of aliphatic hydroxyl groups is 1. The summed E-state index contributed by atoms with van der Waals surface area (Å²) in [4.78, 5) is 31.5. The summed E-state index contributed by atoms with van der Waals surface area (Å²) in [5, 5.41) is 14.0. The maximum atomic E-state index is 12.6. The van der Waals surface area contributed by atoms with Crippen LogP contribution in [0.2, 0.25) is 0 Å². The molecule has 3 N–H and O–H groups in total. The summed E-state index contributed by atoms with van der Waals surface area (Å²) < 4.78 is 8.60. The number of anilines is 1. The first kappa shape index (κ1) is 23.6. The number of rotatable bonds is 12. The van der Waals surface area contributed by atoms with E-state index < -0.39 is 17.4 Å². The van der Waals surface area contributed by atoms with Crippen LogP contribution in [0.4, 0.5) is 5.95 Å². The van der Waals surface area contributed by atoms with Crippen LogP contribution < -0.4 is 21.3 Å². The van der Waals surface area contributed by atoms with Crippen molar-refractivity contribution in [3.63, 3.8) is 0 Å². The monoisotopic (exact) mass is 443 g/mol. The third-order valence-corrected chi connectivity index (χ3v) is 5.68. The molecule has 0 unspecified atom stereocenters. The number of hydrogen-bond acceptors (Lipinski definition) is 6. The van der Waals surface area contributed by atoms with E-state index in [4.69, 9.17) is 4.74 Å². The molecule has 174 valence electrons. The molecule has 1 aromatic carbocycles. The molecular weight excluding hydrogens is 410 g/mol. The number of imidazole rings is 1. The lowest BCUT2D eigenvalue weighted by Gasteiger charge is -2.18. The number of benzene rings is 1. The van der Waals surface area contributed by atoms with Crippen molar-refractivity contribution in [3.05, 3.63) is 51.2 Å². The van der Waals surface area contributed by atoms with Gasteiger partial charge in [0.25, 0.3) is 5.56 Å². The summed E-state index contributed by atoms with van der Waals surface area (Å²) in [6, 6.07) is 9.23. The van der Waals surface area contributed by atoms with Crippen LogP contribution in [-0.4, -0.2) is 43.5 Å². The molecule has 0 aliphatic rings. The molecule has 9 nitrogen and oxygen atoms in total. The third-order valence-electron chi connectivity index (χ3n) is 5.68. The van der Waals surface area contributed by atoms with Crippen LogP contribution in [0.25, 0.3) is 11.2 Å². The van der Waals surface area contributed by atoms with E-state index in [9.17, 15) is 14.7 Å². The molecule has 3 aromatic rings. The van der Waals surface area contributed by atoms with E-state index in [0.717, 1.165) is 25.7 Å². The topological polar surface area (TPSA) is 114 Å². The summed E-state index contributed by atoms with van der Waals surface area (Å²) in [7, 11) is 1.56. The lowest BCUT2D eigenvalue weighted by molar-refractivity contribution is 0.0938. The average Bonchev–Trinajstić information content (AvgIpc) is 3.15. The molecule has 0 aliphatic carbocycles. The van der Waals surface area contributed by atoms with E-state index in [0.29, 0.717) is 24.2 Å². The fourth-order valence-corrected chi connectivity index (χ4v) is 3.70. The Kier molecular flexibility index (Phi) is 8.10. The van der Waals surface area contributed by atoms with E-state index in [1.807, 2.05) is 30.3 Å². The molecule has 2 aromatic heterocycles. The first-order chi connectivity index (χ1) is 15.4. The van der Waals surface area contributed by atoms with Crippen molar-refractivity contribution in [2.24, 2.45) is 13.0 Å². The summed E-state index contributed by atoms with van der Waals surface area (Å²) in [6.07, 6.45) is 3.54. The molecule has 0 fully saturated rings. The molecule has 2 heterocycles. The highest BCUT2D eigenvalue weighted by Gasteiger charge is 2.20. The van der Waals surface area contributed by atoms with Gasteiger partial charge in [-0.05, 0) is 24.5 Å². The second-order valence-electron chi connectivity index (χ2n) is 8.11. The maximum absolute atomic E-state index is 12.6. The smallest absolute Gasteiger partial charge is 0.329 e. The fraction of sp³-hybridized carbons (Fsp3) is 0.522. The van der Waals surface area contributed by atoms with Gasteiger partial charge in [-0.2, -0.15) is 4.98 Å². The number of aromatic nitrogens is 4. The van der Waals surface area contributed by atoms with Crippen molar-refractivity contribution in [1.82, 2.24) is 19.1 Å². The third kappa shape index (κ3) is 5.59. The second kappa shape index (κ2) is 11.0. The number of nitrogens with one attached hydrogen (secondary N) is 2. The Labute approximate surface area is 187 Å². The van der Waals surface area contributed by atoms with Crippen molar-refractivity contribution in [2.75, 3.05) is 18.5 Å². The Morgan fingerprint density at radius 2 is 1.97 bits per heavy atom. The lowest BCUT2D eigenvalue weighted by atomic mass is 9.99. The van der Waals surface area contributed by atoms with Crippen LogP contribution in [0, 0.1) is 5.92 Å². The standard InChI is InChI=1S/C23H33N5O4/c1-4-6-10-16(5-2)13-24-22-25-20-19(21(30)26-23(31)27(20)3)28(22)14-17(29)15-32-18-11-8-7-9-12-18/h7-9,11-12,16-17,29H,4-6,10,13-15H2,1-3H3,(H,24,25)(H,26,30,31)/t16-,17+/m0/s1. The molecule has 2 atom stereocenters. The molecular formula is C23H33N5O4. The summed E-state index contributed by atoms with van der Waals surface area (Å²) in [5.41, 5.74) is -0.534. The van der Waals surface area contributed by atoms with E-state index in [1.165, 1.54) is 4.57 Å². The molecule has 9 heteroatoms. The van der Waals surface area contributed by atoms with Gasteiger partial charge in [0.15, 0.2) is 11.2 Å². The van der Waals surface area contributed by atoms with Gasteiger partial charge in [-0.3, -0.25) is 14.3 Å². The Morgan fingerprint density at radius 3 is 2.66 bits per heavy atom. The molecule has 0 amide bonds. The first-order valence-corrected chi connectivity index (χ1v) is 11.2. The quantitative estimate of drug-likeness (QED) is 0.396. The Balaban J connectivity index is 1.86. The van der Waals surface area contributed by atoms with E-state index in [-0.39, 0.29) is 24.3 Å². The van der Waals surface area contributed by atoms with Crippen LogP contribution >= 0.6 is 0 Å². The molecule has 32 heavy (non-hydrogen) atoms. The van der Waals surface area contributed by atoms with Crippen molar-refractivity contribution < 1.29 is 9.84 Å². The van der Waals surface area contributed by atoms with Gasteiger partial charge in [0, 0.05) is 13.6 Å². The number of aliphatic hydroxyl groups excluding tert-OH is 1. The zero-order valence-electron chi connectivity index (χ0n) is 19.0. The Bertz CT molecular complexity index is 1120. The van der Waals surface area contributed by atoms with Gasteiger partial charge in [-0.15, -0.1) is 0 Å². The van der Waals surface area contributed by atoms with Gasteiger partial charge in [-0.25, -0.2) is 4.79 Å². The molecule has 0 radical (unpaired) electrons. The maximum Gasteiger partial charge on any atom is 0.329 e. The largest absolute Gasteiger partial charge is 0.491 e. The highest BCUT2D eigenvalue weighted by atomic mass is 16.5. The minimum absolute atomic E-state index is 0.0564. The number of fused-ring (bicyclic) bond motifs is 1. The SMILES string of the molecule is CCCC[C@H](CC)CNc1nc2c(c(=O)[nH]c(=O)n2C)n1C[C@@H](O)COc1ccccc1. The lowest BCUT2D eigenvalue weighted by Crippen LogP contribution is -2.31.